The topological polar surface area (TPSA) is 60.2 Å². The van der Waals surface area contributed by atoms with Gasteiger partial charge < -0.3 is 5.73 Å². The molecule has 3 nitrogen and oxygen atoms in total. The van der Waals surface area contributed by atoms with E-state index in [9.17, 15) is 17.2 Å². The van der Waals surface area contributed by atoms with Crippen molar-refractivity contribution in [2.24, 2.45) is 0 Å². The Balaban J connectivity index is 2.37. The van der Waals surface area contributed by atoms with Crippen LogP contribution in [-0.4, -0.2) is 8.42 Å². The molecule has 0 aliphatic heterocycles. The van der Waals surface area contributed by atoms with E-state index in [1.807, 2.05) is 0 Å². The van der Waals surface area contributed by atoms with Gasteiger partial charge in [-0.25, -0.2) is 17.2 Å². The number of nitrogens with two attached hydrogens (primary N) is 1. The van der Waals surface area contributed by atoms with E-state index in [1.54, 1.807) is 0 Å². The van der Waals surface area contributed by atoms with Crippen LogP contribution < -0.4 is 5.73 Å². The average Bonchev–Trinajstić information content (AvgIpc) is 2.35. The first-order valence-corrected chi connectivity index (χ1v) is 7.06. The quantitative estimate of drug-likeness (QED) is 0.880. The van der Waals surface area contributed by atoms with Gasteiger partial charge in [0.25, 0.3) is 0 Å². The van der Waals surface area contributed by atoms with Gasteiger partial charge >= 0.3 is 0 Å². The fraction of sp³-hybridized carbons (Fsp3) is 0.0769. The minimum absolute atomic E-state index is 0.0106. The molecule has 100 valence electrons. The molecular weight excluding hydrogens is 272 g/mol. The van der Waals surface area contributed by atoms with E-state index in [1.165, 1.54) is 30.3 Å². The molecule has 0 spiro atoms. The summed E-state index contributed by atoms with van der Waals surface area (Å²) >= 11 is 0. The van der Waals surface area contributed by atoms with Gasteiger partial charge in [0.2, 0.25) is 0 Å². The zero-order valence-corrected chi connectivity index (χ0v) is 10.6. The highest BCUT2D eigenvalue weighted by Crippen LogP contribution is 2.23. The van der Waals surface area contributed by atoms with Gasteiger partial charge in [0, 0.05) is 0 Å². The third-order valence-electron chi connectivity index (χ3n) is 2.58. The molecule has 0 amide bonds. The second-order valence-electron chi connectivity index (χ2n) is 4.07. The lowest BCUT2D eigenvalue weighted by Gasteiger charge is -2.07. The van der Waals surface area contributed by atoms with Crippen LogP contribution in [0.3, 0.4) is 0 Å². The minimum Gasteiger partial charge on any atom is -0.398 e. The molecule has 0 aliphatic rings. The Labute approximate surface area is 109 Å². The Bertz CT molecular complexity index is 697. The molecular formula is C13H11F2NO2S. The number of sulfone groups is 1. The second-order valence-corrected chi connectivity index (χ2v) is 6.03. The average molecular weight is 283 g/mol. The normalized spacial score (nSPS) is 11.5. The number of benzene rings is 2. The lowest BCUT2D eigenvalue weighted by molar-refractivity contribution is 0.590. The summed E-state index contributed by atoms with van der Waals surface area (Å²) in [7, 11) is -3.77. The Morgan fingerprint density at radius 3 is 2.16 bits per heavy atom. The van der Waals surface area contributed by atoms with Gasteiger partial charge in [-0.2, -0.15) is 0 Å². The Hall–Kier alpha value is -1.95. The zero-order valence-electron chi connectivity index (χ0n) is 9.81. The molecule has 0 heterocycles. The highest BCUT2D eigenvalue weighted by atomic mass is 32.2. The highest BCUT2D eigenvalue weighted by molar-refractivity contribution is 7.90. The van der Waals surface area contributed by atoms with E-state index in [4.69, 9.17) is 5.73 Å². The fourth-order valence-corrected chi connectivity index (χ4v) is 3.16. The van der Waals surface area contributed by atoms with Crippen LogP contribution in [-0.2, 0) is 15.6 Å². The molecule has 19 heavy (non-hydrogen) atoms. The van der Waals surface area contributed by atoms with Crippen LogP contribution in [0.4, 0.5) is 14.5 Å². The van der Waals surface area contributed by atoms with Crippen LogP contribution in [0.1, 0.15) is 5.56 Å². The lowest BCUT2D eigenvalue weighted by atomic mass is 10.2. The van der Waals surface area contributed by atoms with Crippen molar-refractivity contribution in [1.29, 1.82) is 0 Å². The summed E-state index contributed by atoms with van der Waals surface area (Å²) in [6, 6.07) is 8.23. The number of nitrogen functional groups attached to an aromatic ring is 1. The number of hydrogen-bond acceptors (Lipinski definition) is 3. The van der Waals surface area contributed by atoms with Gasteiger partial charge in [-0.05, 0) is 35.9 Å². The predicted octanol–water partition coefficient (Wildman–Crippen LogP) is 2.52. The molecule has 0 aliphatic carbocycles. The van der Waals surface area contributed by atoms with Crippen LogP contribution in [0.15, 0.2) is 47.4 Å². The standard InChI is InChI=1S/C13H11F2NO2S/c14-10-3-1-9(2-4-10)8-19(17,18)13-7-11(15)5-6-12(13)16/h1-7H,8,16H2. The molecule has 2 aromatic carbocycles. The van der Waals surface area contributed by atoms with Gasteiger partial charge in [0.1, 0.15) is 11.6 Å². The molecule has 0 radical (unpaired) electrons. The van der Waals surface area contributed by atoms with Crippen molar-refractivity contribution in [1.82, 2.24) is 0 Å². The maximum absolute atomic E-state index is 13.1. The SMILES string of the molecule is Nc1ccc(F)cc1S(=O)(=O)Cc1ccc(F)cc1. The molecule has 0 saturated carbocycles. The molecule has 6 heteroatoms. The predicted molar refractivity (Wildman–Crippen MR) is 68.1 cm³/mol. The maximum Gasteiger partial charge on any atom is 0.184 e. The largest absolute Gasteiger partial charge is 0.398 e. The first-order valence-electron chi connectivity index (χ1n) is 5.41. The van der Waals surface area contributed by atoms with Gasteiger partial charge in [0.15, 0.2) is 9.84 Å². The zero-order chi connectivity index (χ0) is 14.0. The monoisotopic (exact) mass is 283 g/mol. The number of hydrogen-bond donors (Lipinski definition) is 1. The third kappa shape index (κ3) is 3.08. The van der Waals surface area contributed by atoms with Gasteiger partial charge in [-0.1, -0.05) is 12.1 Å². The Morgan fingerprint density at radius 1 is 0.947 bits per heavy atom. The van der Waals surface area contributed by atoms with Crippen molar-refractivity contribution in [3.63, 3.8) is 0 Å². The number of anilines is 1. The van der Waals surface area contributed by atoms with Crippen molar-refractivity contribution in [3.8, 4) is 0 Å². The van der Waals surface area contributed by atoms with E-state index >= 15 is 0 Å². The lowest BCUT2D eigenvalue weighted by Crippen LogP contribution is -2.08. The summed E-state index contributed by atoms with van der Waals surface area (Å²) in [5.41, 5.74) is 5.94. The third-order valence-corrected chi connectivity index (χ3v) is 4.32. The summed E-state index contributed by atoms with van der Waals surface area (Å²) in [5.74, 6) is -1.49. The van der Waals surface area contributed by atoms with Crippen molar-refractivity contribution in [2.75, 3.05) is 5.73 Å². The summed E-state index contributed by atoms with van der Waals surface area (Å²) < 4.78 is 50.1. The van der Waals surface area contributed by atoms with E-state index in [0.29, 0.717) is 5.56 Å². The van der Waals surface area contributed by atoms with Crippen molar-refractivity contribution >= 4 is 15.5 Å². The summed E-state index contributed by atoms with van der Waals surface area (Å²) in [4.78, 5) is -0.253. The van der Waals surface area contributed by atoms with Crippen LogP contribution in [0.5, 0.6) is 0 Å². The van der Waals surface area contributed by atoms with E-state index in [2.05, 4.69) is 0 Å². The summed E-state index contributed by atoms with van der Waals surface area (Å²) in [6.45, 7) is 0. The van der Waals surface area contributed by atoms with Crippen LogP contribution in [0.2, 0.25) is 0 Å². The summed E-state index contributed by atoms with van der Waals surface area (Å²) in [5, 5.41) is 0. The van der Waals surface area contributed by atoms with Gasteiger partial charge in [-0.3, -0.25) is 0 Å². The van der Waals surface area contributed by atoms with Crippen molar-refractivity contribution < 1.29 is 17.2 Å². The molecule has 0 aromatic heterocycles. The van der Waals surface area contributed by atoms with Crippen molar-refractivity contribution in [2.45, 2.75) is 10.6 Å². The Kier molecular flexibility index (Phi) is 3.53. The van der Waals surface area contributed by atoms with E-state index in [0.717, 1.165) is 12.1 Å². The van der Waals surface area contributed by atoms with E-state index < -0.39 is 21.5 Å². The maximum atomic E-state index is 13.1. The molecule has 0 unspecified atom stereocenters. The smallest absolute Gasteiger partial charge is 0.184 e. The second kappa shape index (κ2) is 4.97. The highest BCUT2D eigenvalue weighted by Gasteiger charge is 2.19. The van der Waals surface area contributed by atoms with Gasteiger partial charge in [-0.15, -0.1) is 0 Å². The molecule has 0 atom stereocenters. The van der Waals surface area contributed by atoms with Crippen LogP contribution in [0, 0.1) is 11.6 Å². The van der Waals surface area contributed by atoms with Crippen molar-refractivity contribution in [3.05, 3.63) is 59.7 Å². The first kappa shape index (κ1) is 13.5. The van der Waals surface area contributed by atoms with Crippen LogP contribution in [0.25, 0.3) is 0 Å². The minimum atomic E-state index is -3.77. The molecule has 0 fully saturated rings. The first-order chi connectivity index (χ1) is 8.88. The number of halogens is 2. The molecule has 2 N–H and O–H groups in total. The molecule has 2 rings (SSSR count). The summed E-state index contributed by atoms with van der Waals surface area (Å²) in [6.07, 6.45) is 0. The fourth-order valence-electron chi connectivity index (χ4n) is 1.66. The molecule has 0 saturated heterocycles. The van der Waals surface area contributed by atoms with Crippen LogP contribution >= 0.6 is 0 Å². The molecule has 2 aromatic rings. The molecule has 0 bridgehead atoms. The Morgan fingerprint density at radius 2 is 1.53 bits per heavy atom. The van der Waals surface area contributed by atoms with Gasteiger partial charge in [0.05, 0.1) is 16.3 Å². The number of rotatable bonds is 3. The van der Waals surface area contributed by atoms with E-state index in [-0.39, 0.29) is 16.3 Å².